The number of hydrogen-bond acceptors (Lipinski definition) is 3. The van der Waals surface area contributed by atoms with E-state index >= 15 is 0 Å². The molecule has 0 saturated heterocycles. The van der Waals surface area contributed by atoms with Gasteiger partial charge in [-0.05, 0) is 17.7 Å². The summed E-state index contributed by atoms with van der Waals surface area (Å²) in [5.74, 6) is -2.47. The molecule has 2 aromatic carbocycles. The summed E-state index contributed by atoms with van der Waals surface area (Å²) in [4.78, 5) is 24.7. The molecule has 0 spiro atoms. The number of hydrogen-bond donors (Lipinski definition) is 0. The van der Waals surface area contributed by atoms with Crippen molar-refractivity contribution in [1.82, 2.24) is 0 Å². The van der Waals surface area contributed by atoms with E-state index in [9.17, 15) is 22.8 Å². The standard InChI is InChI=1S/C16H8ClF3O3/c17-11-7-8(5-6-12(11)23-16(18,19)20)13-14(21)9-3-1-2-4-10(9)15(13)22/h1-7,13H. The molecule has 3 nitrogen and oxygen atoms in total. The van der Waals surface area contributed by atoms with E-state index in [1.165, 1.54) is 18.2 Å². The summed E-state index contributed by atoms with van der Waals surface area (Å²) in [6, 6.07) is 9.73. The fraction of sp³-hybridized carbons (Fsp3) is 0.125. The van der Waals surface area contributed by atoms with Crippen LogP contribution in [0, 0.1) is 0 Å². The van der Waals surface area contributed by atoms with Crippen molar-refractivity contribution in [1.29, 1.82) is 0 Å². The first-order valence-corrected chi connectivity index (χ1v) is 6.88. The molecule has 3 rings (SSSR count). The van der Waals surface area contributed by atoms with Crippen LogP contribution in [0.1, 0.15) is 32.2 Å². The van der Waals surface area contributed by atoms with E-state index in [4.69, 9.17) is 11.6 Å². The van der Waals surface area contributed by atoms with E-state index in [1.807, 2.05) is 0 Å². The van der Waals surface area contributed by atoms with Gasteiger partial charge in [0.25, 0.3) is 0 Å². The van der Waals surface area contributed by atoms with Gasteiger partial charge in [0.15, 0.2) is 11.6 Å². The number of fused-ring (bicyclic) bond motifs is 1. The number of rotatable bonds is 2. The summed E-state index contributed by atoms with van der Waals surface area (Å²) in [6.07, 6.45) is -4.87. The van der Waals surface area contributed by atoms with Gasteiger partial charge in [-0.1, -0.05) is 41.9 Å². The molecule has 0 unspecified atom stereocenters. The zero-order chi connectivity index (χ0) is 16.8. The van der Waals surface area contributed by atoms with Crippen molar-refractivity contribution in [2.45, 2.75) is 12.3 Å². The van der Waals surface area contributed by atoms with Gasteiger partial charge in [0.2, 0.25) is 0 Å². The number of ether oxygens (including phenoxy) is 1. The Labute approximate surface area is 133 Å². The van der Waals surface area contributed by atoms with Crippen LogP contribution in [0.25, 0.3) is 0 Å². The number of ketones is 2. The van der Waals surface area contributed by atoms with Crippen LogP contribution in [-0.2, 0) is 0 Å². The summed E-state index contributed by atoms with van der Waals surface area (Å²) >= 11 is 5.77. The Morgan fingerprint density at radius 1 is 0.957 bits per heavy atom. The lowest BCUT2D eigenvalue weighted by Crippen LogP contribution is -2.18. The number of halogens is 4. The molecule has 0 saturated carbocycles. The molecule has 1 aliphatic carbocycles. The van der Waals surface area contributed by atoms with Crippen molar-refractivity contribution in [3.05, 3.63) is 64.2 Å². The molecule has 0 bridgehead atoms. The first-order valence-electron chi connectivity index (χ1n) is 6.50. The smallest absolute Gasteiger partial charge is 0.404 e. The highest BCUT2D eigenvalue weighted by atomic mass is 35.5. The summed E-state index contributed by atoms with van der Waals surface area (Å²) in [5.41, 5.74) is 0.833. The fourth-order valence-corrected chi connectivity index (χ4v) is 2.78. The number of carbonyl (C=O) groups excluding carboxylic acids is 2. The van der Waals surface area contributed by atoms with Gasteiger partial charge >= 0.3 is 6.36 Å². The van der Waals surface area contributed by atoms with Crippen LogP contribution in [0.4, 0.5) is 13.2 Å². The third kappa shape index (κ3) is 2.82. The summed E-state index contributed by atoms with van der Waals surface area (Å²) in [5, 5.41) is -0.323. The van der Waals surface area contributed by atoms with Crippen LogP contribution >= 0.6 is 11.6 Å². The molecular formula is C16H8ClF3O3. The van der Waals surface area contributed by atoms with Gasteiger partial charge < -0.3 is 4.74 Å². The highest BCUT2D eigenvalue weighted by Crippen LogP contribution is 2.37. The van der Waals surface area contributed by atoms with E-state index < -0.39 is 29.6 Å². The lowest BCUT2D eigenvalue weighted by atomic mass is 9.94. The summed E-state index contributed by atoms with van der Waals surface area (Å²) < 4.78 is 40.5. The van der Waals surface area contributed by atoms with E-state index in [-0.39, 0.29) is 10.6 Å². The number of carbonyl (C=O) groups is 2. The van der Waals surface area contributed by atoms with Crippen molar-refractivity contribution >= 4 is 23.2 Å². The second-order valence-corrected chi connectivity index (χ2v) is 5.35. The zero-order valence-electron chi connectivity index (χ0n) is 11.4. The van der Waals surface area contributed by atoms with Gasteiger partial charge in [0, 0.05) is 11.1 Å². The first-order chi connectivity index (χ1) is 10.8. The van der Waals surface area contributed by atoms with Crippen molar-refractivity contribution < 1.29 is 27.5 Å². The highest BCUT2D eigenvalue weighted by molar-refractivity contribution is 6.33. The maximum absolute atomic E-state index is 12.4. The van der Waals surface area contributed by atoms with Gasteiger partial charge in [0.05, 0.1) is 5.02 Å². The van der Waals surface area contributed by atoms with E-state index in [0.717, 1.165) is 12.1 Å². The Bertz CT molecular complexity index is 779. The molecule has 0 aliphatic heterocycles. The Morgan fingerprint density at radius 2 is 1.52 bits per heavy atom. The molecule has 7 heteroatoms. The fourth-order valence-electron chi connectivity index (χ4n) is 2.55. The molecule has 0 atom stereocenters. The summed E-state index contributed by atoms with van der Waals surface area (Å²) in [6.45, 7) is 0. The largest absolute Gasteiger partial charge is 0.573 e. The lowest BCUT2D eigenvalue weighted by Gasteiger charge is -2.13. The van der Waals surface area contributed by atoms with E-state index in [2.05, 4.69) is 4.74 Å². The van der Waals surface area contributed by atoms with Crippen molar-refractivity contribution in [2.24, 2.45) is 0 Å². The molecule has 0 N–H and O–H groups in total. The lowest BCUT2D eigenvalue weighted by molar-refractivity contribution is -0.274. The molecule has 1 aliphatic rings. The molecule has 2 aromatic rings. The monoisotopic (exact) mass is 340 g/mol. The molecule has 0 aromatic heterocycles. The summed E-state index contributed by atoms with van der Waals surface area (Å²) in [7, 11) is 0. The van der Waals surface area contributed by atoms with Crippen LogP contribution in [0.3, 0.4) is 0 Å². The third-order valence-electron chi connectivity index (χ3n) is 3.50. The van der Waals surface area contributed by atoms with Crippen molar-refractivity contribution in [3.8, 4) is 5.75 Å². The molecule has 23 heavy (non-hydrogen) atoms. The van der Waals surface area contributed by atoms with Gasteiger partial charge in [-0.15, -0.1) is 13.2 Å². The SMILES string of the molecule is O=C1c2ccccc2C(=O)C1c1ccc(OC(F)(F)F)c(Cl)c1. The first kappa shape index (κ1) is 15.6. The van der Waals surface area contributed by atoms with Gasteiger partial charge in [-0.2, -0.15) is 0 Å². The second kappa shape index (κ2) is 5.38. The Hall–Kier alpha value is -2.34. The molecule has 0 heterocycles. The molecule has 0 radical (unpaired) electrons. The van der Waals surface area contributed by atoms with Crippen LogP contribution in [0.5, 0.6) is 5.75 Å². The van der Waals surface area contributed by atoms with Crippen LogP contribution < -0.4 is 4.74 Å². The maximum Gasteiger partial charge on any atom is 0.573 e. The van der Waals surface area contributed by atoms with Crippen molar-refractivity contribution in [2.75, 3.05) is 0 Å². The normalized spacial score (nSPS) is 15.0. The Kier molecular flexibility index (Phi) is 3.64. The van der Waals surface area contributed by atoms with Crippen molar-refractivity contribution in [3.63, 3.8) is 0 Å². The molecular weight excluding hydrogens is 333 g/mol. The predicted molar refractivity (Wildman–Crippen MR) is 76.0 cm³/mol. The highest BCUT2D eigenvalue weighted by Gasteiger charge is 2.39. The van der Waals surface area contributed by atoms with Crippen LogP contribution in [0.2, 0.25) is 5.02 Å². The van der Waals surface area contributed by atoms with Gasteiger partial charge in [0.1, 0.15) is 11.7 Å². The van der Waals surface area contributed by atoms with Crippen LogP contribution in [0.15, 0.2) is 42.5 Å². The number of Topliss-reactive ketones (excluding diaryl/α,β-unsaturated/α-hetero) is 2. The van der Waals surface area contributed by atoms with E-state index in [0.29, 0.717) is 11.1 Å². The van der Waals surface area contributed by atoms with E-state index in [1.54, 1.807) is 12.1 Å². The minimum atomic E-state index is -4.87. The Morgan fingerprint density at radius 3 is 2.00 bits per heavy atom. The second-order valence-electron chi connectivity index (χ2n) is 4.94. The van der Waals surface area contributed by atoms with Crippen LogP contribution in [-0.4, -0.2) is 17.9 Å². The maximum atomic E-state index is 12.4. The number of alkyl halides is 3. The zero-order valence-corrected chi connectivity index (χ0v) is 12.1. The quantitative estimate of drug-likeness (QED) is 0.761. The van der Waals surface area contributed by atoms with Gasteiger partial charge in [-0.25, -0.2) is 0 Å². The molecule has 0 amide bonds. The average molecular weight is 341 g/mol. The minimum absolute atomic E-state index is 0.232. The molecule has 118 valence electrons. The van der Waals surface area contributed by atoms with Gasteiger partial charge in [-0.3, -0.25) is 9.59 Å². The number of benzene rings is 2. The average Bonchev–Trinajstić information content (AvgIpc) is 2.73. The third-order valence-corrected chi connectivity index (χ3v) is 3.79. The minimum Gasteiger partial charge on any atom is -0.404 e. The predicted octanol–water partition coefficient (Wildman–Crippen LogP) is 4.40. The topological polar surface area (TPSA) is 43.4 Å². The Balaban J connectivity index is 1.97. The molecule has 0 fully saturated rings.